The highest BCUT2D eigenvalue weighted by Gasteiger charge is 2.27. The van der Waals surface area contributed by atoms with Gasteiger partial charge in [0.1, 0.15) is 5.76 Å². The van der Waals surface area contributed by atoms with Crippen LogP contribution in [0.2, 0.25) is 0 Å². The van der Waals surface area contributed by atoms with Gasteiger partial charge in [-0.25, -0.2) is 8.63 Å². The van der Waals surface area contributed by atoms with E-state index in [4.69, 9.17) is 33.1 Å². The zero-order valence-corrected chi connectivity index (χ0v) is 30.1. The summed E-state index contributed by atoms with van der Waals surface area (Å²) < 4.78 is 67.7. The Hall–Kier alpha value is -6.63. The summed E-state index contributed by atoms with van der Waals surface area (Å²) in [6, 6.07) is 22.4. The molecule has 0 unspecified atom stereocenters. The molecule has 6 aromatic carbocycles. The molecule has 8 rings (SSSR count). The van der Waals surface area contributed by atoms with E-state index < -0.39 is 13.3 Å². The monoisotopic (exact) mass is 730 g/mol. The standard InChI is InChI=1S/C41H33BF2N2O8/c1-48-32-17-24-20-11-7-9-13-22(20)36-26(34(24)40(52-5)38(32)50-3)15-28(45-36)30(47)19-31(54-42(43)44)29-16-27-35-25(18-33(49-2)39(51-4)41(35)53-6)21-12-8-10-14-23(21)37(27)46-29/h7-19,45-46H,1-6H3/b31-19-. The van der Waals surface area contributed by atoms with Gasteiger partial charge >= 0.3 is 7.47 Å². The normalized spacial score (nSPS) is 11.9. The average molecular weight is 731 g/mol. The fourth-order valence-electron chi connectivity index (χ4n) is 7.61. The second kappa shape index (κ2) is 13.4. The number of ketones is 1. The van der Waals surface area contributed by atoms with Crippen molar-refractivity contribution in [3.05, 3.63) is 90.3 Å². The Kier molecular flexibility index (Phi) is 8.56. The van der Waals surface area contributed by atoms with Crippen molar-refractivity contribution in [1.82, 2.24) is 9.97 Å². The van der Waals surface area contributed by atoms with Crippen LogP contribution < -0.4 is 28.4 Å². The van der Waals surface area contributed by atoms with Gasteiger partial charge in [-0.2, -0.15) is 0 Å². The van der Waals surface area contributed by atoms with Gasteiger partial charge in [0.05, 0.1) is 65.1 Å². The number of hydrogen-bond donors (Lipinski definition) is 2. The zero-order chi connectivity index (χ0) is 37.8. The van der Waals surface area contributed by atoms with E-state index in [1.807, 2.05) is 60.7 Å². The third-order valence-electron chi connectivity index (χ3n) is 9.82. The van der Waals surface area contributed by atoms with Gasteiger partial charge < -0.3 is 43.0 Å². The van der Waals surface area contributed by atoms with Gasteiger partial charge in [-0.05, 0) is 45.8 Å². The van der Waals surface area contributed by atoms with Crippen LogP contribution in [0.5, 0.6) is 34.5 Å². The third-order valence-corrected chi connectivity index (χ3v) is 9.82. The van der Waals surface area contributed by atoms with Gasteiger partial charge in [0.2, 0.25) is 17.3 Å². The zero-order valence-electron chi connectivity index (χ0n) is 30.1. The number of nitrogens with one attached hydrogen (secondary N) is 2. The number of aromatic amines is 2. The molecule has 0 aliphatic heterocycles. The van der Waals surface area contributed by atoms with Crippen LogP contribution in [-0.2, 0) is 4.65 Å². The van der Waals surface area contributed by atoms with Gasteiger partial charge in [-0.1, -0.05) is 48.5 Å². The Bertz CT molecular complexity index is 2850. The van der Waals surface area contributed by atoms with Crippen molar-refractivity contribution in [3.63, 3.8) is 0 Å². The van der Waals surface area contributed by atoms with E-state index in [1.165, 1.54) is 35.5 Å². The smallest absolute Gasteiger partial charge is 0.503 e. The Balaban J connectivity index is 1.36. The molecule has 0 saturated heterocycles. The Morgan fingerprint density at radius 3 is 1.39 bits per heavy atom. The second-order valence-electron chi connectivity index (χ2n) is 12.4. The number of rotatable bonds is 11. The molecule has 54 heavy (non-hydrogen) atoms. The largest absolute Gasteiger partial charge is 0.796 e. The Labute approximate surface area is 307 Å². The van der Waals surface area contributed by atoms with Gasteiger partial charge in [0.25, 0.3) is 0 Å². The highest BCUT2D eigenvalue weighted by Crippen LogP contribution is 2.50. The maximum Gasteiger partial charge on any atom is 0.796 e. The lowest BCUT2D eigenvalue weighted by atomic mass is 9.96. The third kappa shape index (κ3) is 5.18. The number of methoxy groups -OCH3 is 6. The van der Waals surface area contributed by atoms with Gasteiger partial charge in [-0.15, -0.1) is 0 Å². The van der Waals surface area contributed by atoms with E-state index in [2.05, 4.69) is 9.97 Å². The number of H-pyrrole nitrogens is 2. The molecule has 2 N–H and O–H groups in total. The topological polar surface area (TPSA) is 113 Å². The SMILES string of the molecule is COc1cc2c3ccccc3c3[nH]c(C(=O)/C=C(\OB(F)F)c4cc5c([nH]4)c4ccccc4c4cc(OC)c(OC)c(OC)c45)cc3c2c(OC)c1OC. The predicted octanol–water partition coefficient (Wildman–Crippen LogP) is 9.48. The van der Waals surface area contributed by atoms with Crippen molar-refractivity contribution in [2.24, 2.45) is 0 Å². The molecule has 0 aliphatic carbocycles. The van der Waals surface area contributed by atoms with Crippen LogP contribution in [0.1, 0.15) is 16.2 Å². The minimum absolute atomic E-state index is 0.139. The van der Waals surface area contributed by atoms with Crippen LogP contribution in [0.25, 0.3) is 70.7 Å². The summed E-state index contributed by atoms with van der Waals surface area (Å²) in [4.78, 5) is 20.7. The number of benzene rings is 6. The maximum absolute atomic E-state index is 14.2. The number of ether oxygens (including phenoxy) is 6. The first kappa shape index (κ1) is 34.5. The number of hydrogen-bond acceptors (Lipinski definition) is 8. The van der Waals surface area contributed by atoms with Crippen LogP contribution in [-0.4, -0.2) is 65.9 Å². The van der Waals surface area contributed by atoms with Crippen molar-refractivity contribution >= 4 is 83.9 Å². The number of carbonyl (C=O) groups excluding carboxylic acids is 1. The summed E-state index contributed by atoms with van der Waals surface area (Å²) in [5.41, 5.74) is 1.56. The second-order valence-corrected chi connectivity index (χ2v) is 12.4. The maximum atomic E-state index is 14.2. The minimum Gasteiger partial charge on any atom is -0.503 e. The van der Waals surface area contributed by atoms with E-state index in [-0.39, 0.29) is 17.1 Å². The molecule has 13 heteroatoms. The van der Waals surface area contributed by atoms with Gasteiger partial charge in [-0.3, -0.25) is 4.79 Å². The first-order valence-electron chi connectivity index (χ1n) is 16.8. The summed E-state index contributed by atoms with van der Waals surface area (Å²) in [5, 5.41) is 7.59. The Morgan fingerprint density at radius 2 is 0.963 bits per heavy atom. The number of carbonyl (C=O) groups is 1. The molecule has 2 heterocycles. The molecular formula is C41H33BF2N2O8. The molecule has 0 atom stereocenters. The highest BCUT2D eigenvalue weighted by atomic mass is 19.2. The molecule has 0 bridgehead atoms. The van der Waals surface area contributed by atoms with Crippen molar-refractivity contribution < 1.29 is 46.5 Å². The predicted molar refractivity (Wildman–Crippen MR) is 207 cm³/mol. The molecule has 10 nitrogen and oxygen atoms in total. The molecule has 272 valence electrons. The lowest BCUT2D eigenvalue weighted by Gasteiger charge is -2.17. The van der Waals surface area contributed by atoms with Crippen LogP contribution in [0.3, 0.4) is 0 Å². The average Bonchev–Trinajstić information content (AvgIpc) is 3.85. The van der Waals surface area contributed by atoms with E-state index in [9.17, 15) is 13.4 Å². The van der Waals surface area contributed by atoms with Crippen molar-refractivity contribution in [2.75, 3.05) is 42.7 Å². The molecular weight excluding hydrogens is 697 g/mol. The summed E-state index contributed by atoms with van der Waals surface area (Å²) in [6.07, 6.45) is 1.05. The van der Waals surface area contributed by atoms with E-state index in [0.717, 1.165) is 38.4 Å². The fourth-order valence-corrected chi connectivity index (χ4v) is 7.61. The number of fused-ring (bicyclic) bond motifs is 12. The van der Waals surface area contributed by atoms with E-state index >= 15 is 0 Å². The van der Waals surface area contributed by atoms with E-state index in [0.29, 0.717) is 67.1 Å². The lowest BCUT2D eigenvalue weighted by molar-refractivity contribution is 0.104. The molecule has 8 aromatic rings. The molecule has 0 fully saturated rings. The van der Waals surface area contributed by atoms with Gasteiger partial charge in [0.15, 0.2) is 23.0 Å². The number of aromatic nitrogens is 2. The van der Waals surface area contributed by atoms with Crippen molar-refractivity contribution in [3.8, 4) is 34.5 Å². The minimum atomic E-state index is -3.23. The fraction of sp³-hybridized carbons (Fsp3) is 0.146. The van der Waals surface area contributed by atoms with Crippen LogP contribution in [0.4, 0.5) is 8.63 Å². The molecule has 0 radical (unpaired) electrons. The molecule has 0 saturated carbocycles. The first-order chi connectivity index (χ1) is 26.3. The lowest BCUT2D eigenvalue weighted by Crippen LogP contribution is -2.07. The molecule has 0 amide bonds. The van der Waals surface area contributed by atoms with Crippen LogP contribution in [0.15, 0.2) is 78.9 Å². The van der Waals surface area contributed by atoms with E-state index in [1.54, 1.807) is 19.2 Å². The van der Waals surface area contributed by atoms with Gasteiger partial charge in [0, 0.05) is 38.4 Å². The molecule has 2 aromatic heterocycles. The van der Waals surface area contributed by atoms with Crippen molar-refractivity contribution in [1.29, 1.82) is 0 Å². The van der Waals surface area contributed by atoms with Crippen LogP contribution >= 0.6 is 0 Å². The number of halogens is 2. The summed E-state index contributed by atoms with van der Waals surface area (Å²) in [7, 11) is 5.93. The molecule has 0 spiro atoms. The molecule has 0 aliphatic rings. The Morgan fingerprint density at radius 1 is 0.537 bits per heavy atom. The summed E-state index contributed by atoms with van der Waals surface area (Å²) >= 11 is 0. The number of allylic oxidation sites excluding steroid dienone is 1. The summed E-state index contributed by atoms with van der Waals surface area (Å²) in [5.74, 6) is 1.54. The van der Waals surface area contributed by atoms with Crippen LogP contribution in [0, 0.1) is 0 Å². The first-order valence-corrected chi connectivity index (χ1v) is 16.8. The highest BCUT2D eigenvalue weighted by molar-refractivity contribution is 6.36. The quantitative estimate of drug-likeness (QED) is 0.0445. The summed E-state index contributed by atoms with van der Waals surface area (Å²) in [6.45, 7) is 0. The van der Waals surface area contributed by atoms with Crippen molar-refractivity contribution in [2.45, 2.75) is 0 Å².